The Morgan fingerprint density at radius 1 is 1.21 bits per heavy atom. The van der Waals surface area contributed by atoms with E-state index < -0.39 is 17.9 Å². The number of primary amides is 1. The zero-order valence-electron chi connectivity index (χ0n) is 18.2. The van der Waals surface area contributed by atoms with E-state index in [1.807, 2.05) is 0 Å². The Balaban J connectivity index is 1.76. The van der Waals surface area contributed by atoms with Gasteiger partial charge < -0.3 is 26.1 Å². The molecule has 2 heterocycles. The van der Waals surface area contributed by atoms with Crippen molar-refractivity contribution in [3.8, 4) is 0 Å². The summed E-state index contributed by atoms with van der Waals surface area (Å²) in [5.74, 6) is -1.26. The van der Waals surface area contributed by atoms with Gasteiger partial charge in [-0.2, -0.15) is 4.37 Å². The van der Waals surface area contributed by atoms with E-state index in [-0.39, 0.29) is 34.8 Å². The Morgan fingerprint density at radius 2 is 1.91 bits per heavy atom. The summed E-state index contributed by atoms with van der Waals surface area (Å²) < 4.78 is 9.42. The predicted molar refractivity (Wildman–Crippen MR) is 128 cm³/mol. The summed E-state index contributed by atoms with van der Waals surface area (Å²) in [4.78, 5) is 40.4. The van der Waals surface area contributed by atoms with Gasteiger partial charge in [-0.1, -0.05) is 36.6 Å². The standard InChI is InChI=1S/C23H24ClN5O4S/c24-14-9-7-13(8-10-14)19(22(31)27-15-4-1-2-5-15)29(12-16-6-3-11-33-16)23(32)20-17(25)18(21(26)30)28-34-20/h3,6-11,15,19H,1-2,4-5,12,25H2,(H2,26,30)(H,27,31)/t19-/m1/s1. The van der Waals surface area contributed by atoms with E-state index in [0.717, 1.165) is 37.2 Å². The fourth-order valence-corrected chi connectivity index (χ4v) is 4.97. The second-order valence-corrected chi connectivity index (χ2v) is 9.30. The molecule has 0 aliphatic heterocycles. The van der Waals surface area contributed by atoms with Crippen LogP contribution < -0.4 is 16.8 Å². The average Bonchev–Trinajstić information content (AvgIpc) is 3.57. The first-order valence-corrected chi connectivity index (χ1v) is 11.9. The SMILES string of the molecule is NC(=O)c1nsc(C(=O)N(Cc2ccco2)[C@@H](C(=O)NC2CCCC2)c2ccc(Cl)cc2)c1N. The number of nitrogens with zero attached hydrogens (tertiary/aromatic N) is 2. The van der Waals surface area contributed by atoms with Gasteiger partial charge in [-0.05, 0) is 54.2 Å². The molecule has 1 aliphatic rings. The number of carbonyl (C=O) groups is 3. The third-order valence-corrected chi connectivity index (χ3v) is 6.87. The highest BCUT2D eigenvalue weighted by atomic mass is 35.5. The van der Waals surface area contributed by atoms with Gasteiger partial charge in [0.25, 0.3) is 11.8 Å². The van der Waals surface area contributed by atoms with Gasteiger partial charge >= 0.3 is 0 Å². The highest BCUT2D eigenvalue weighted by molar-refractivity contribution is 7.09. The molecule has 1 aromatic carbocycles. The lowest BCUT2D eigenvalue weighted by Gasteiger charge is -2.31. The normalized spacial score (nSPS) is 14.6. The van der Waals surface area contributed by atoms with Crippen LogP contribution >= 0.6 is 23.1 Å². The van der Waals surface area contributed by atoms with Crippen LogP contribution in [0.2, 0.25) is 5.02 Å². The monoisotopic (exact) mass is 501 g/mol. The van der Waals surface area contributed by atoms with E-state index in [9.17, 15) is 14.4 Å². The van der Waals surface area contributed by atoms with Crippen LogP contribution in [0.15, 0.2) is 47.1 Å². The fraction of sp³-hybridized carbons (Fsp3) is 0.304. The van der Waals surface area contributed by atoms with Crippen molar-refractivity contribution in [2.75, 3.05) is 5.73 Å². The molecule has 1 atom stereocenters. The van der Waals surface area contributed by atoms with Crippen molar-refractivity contribution in [1.82, 2.24) is 14.6 Å². The van der Waals surface area contributed by atoms with Crippen LogP contribution in [0, 0.1) is 0 Å². The van der Waals surface area contributed by atoms with Gasteiger partial charge in [-0.15, -0.1) is 0 Å². The Morgan fingerprint density at radius 3 is 2.50 bits per heavy atom. The number of carbonyl (C=O) groups excluding carboxylic acids is 3. The molecule has 3 amide bonds. The number of furan rings is 1. The molecule has 178 valence electrons. The Labute approximate surface area is 205 Å². The Hall–Kier alpha value is -3.37. The molecule has 34 heavy (non-hydrogen) atoms. The number of amides is 3. The van der Waals surface area contributed by atoms with Crippen molar-refractivity contribution in [3.05, 3.63) is 69.6 Å². The van der Waals surface area contributed by atoms with Crippen LogP contribution in [-0.4, -0.2) is 33.0 Å². The summed E-state index contributed by atoms with van der Waals surface area (Å²) in [5, 5.41) is 3.58. The number of benzene rings is 1. The molecule has 9 nitrogen and oxygen atoms in total. The van der Waals surface area contributed by atoms with Crippen LogP contribution in [-0.2, 0) is 11.3 Å². The maximum Gasteiger partial charge on any atom is 0.270 e. The zero-order chi connectivity index (χ0) is 24.2. The number of halogens is 1. The topological polar surface area (TPSA) is 145 Å². The molecular weight excluding hydrogens is 478 g/mol. The molecular formula is C23H24ClN5O4S. The molecule has 0 saturated heterocycles. The third-order valence-electron chi connectivity index (χ3n) is 5.77. The maximum absolute atomic E-state index is 13.8. The fourth-order valence-electron chi connectivity index (χ4n) is 4.08. The largest absolute Gasteiger partial charge is 0.467 e. The average molecular weight is 502 g/mol. The molecule has 1 aliphatic carbocycles. The number of nitrogens with one attached hydrogen (secondary N) is 1. The maximum atomic E-state index is 13.8. The molecule has 0 spiro atoms. The molecule has 0 bridgehead atoms. The lowest BCUT2D eigenvalue weighted by atomic mass is 10.0. The highest BCUT2D eigenvalue weighted by Crippen LogP contribution is 2.31. The first-order valence-electron chi connectivity index (χ1n) is 10.8. The van der Waals surface area contributed by atoms with Gasteiger partial charge in [-0.3, -0.25) is 14.4 Å². The van der Waals surface area contributed by atoms with Crippen LogP contribution in [0.25, 0.3) is 0 Å². The molecule has 2 aromatic heterocycles. The van der Waals surface area contributed by atoms with Crippen molar-refractivity contribution >= 4 is 46.5 Å². The predicted octanol–water partition coefficient (Wildman–Crippen LogP) is 3.51. The van der Waals surface area contributed by atoms with Gasteiger partial charge in [0.2, 0.25) is 5.91 Å². The summed E-state index contributed by atoms with van der Waals surface area (Å²) in [5.41, 5.74) is 11.6. The molecule has 1 saturated carbocycles. The number of anilines is 1. The molecule has 5 N–H and O–H groups in total. The number of aromatic nitrogens is 1. The smallest absolute Gasteiger partial charge is 0.270 e. The van der Waals surface area contributed by atoms with Gasteiger partial charge in [-0.25, -0.2) is 0 Å². The molecule has 0 unspecified atom stereocenters. The van der Waals surface area contributed by atoms with Crippen LogP contribution in [0.4, 0.5) is 5.69 Å². The number of rotatable bonds is 8. The van der Waals surface area contributed by atoms with E-state index >= 15 is 0 Å². The van der Waals surface area contributed by atoms with Crippen molar-refractivity contribution in [3.63, 3.8) is 0 Å². The van der Waals surface area contributed by atoms with Gasteiger partial charge in [0, 0.05) is 11.1 Å². The van der Waals surface area contributed by atoms with E-state index in [1.54, 1.807) is 36.4 Å². The van der Waals surface area contributed by atoms with Crippen molar-refractivity contribution < 1.29 is 18.8 Å². The summed E-state index contributed by atoms with van der Waals surface area (Å²) in [6.45, 7) is -0.0134. The van der Waals surface area contributed by atoms with Crippen LogP contribution in [0.5, 0.6) is 0 Å². The molecule has 3 aromatic rings. The van der Waals surface area contributed by atoms with E-state index in [2.05, 4.69) is 9.69 Å². The molecule has 1 fully saturated rings. The zero-order valence-corrected chi connectivity index (χ0v) is 19.8. The number of hydrogen-bond donors (Lipinski definition) is 3. The Kier molecular flexibility index (Phi) is 7.18. The van der Waals surface area contributed by atoms with E-state index in [0.29, 0.717) is 16.3 Å². The summed E-state index contributed by atoms with van der Waals surface area (Å²) in [7, 11) is 0. The number of nitrogen functional groups attached to an aromatic ring is 1. The number of nitrogens with two attached hydrogens (primary N) is 2. The van der Waals surface area contributed by atoms with Crippen molar-refractivity contribution in [2.45, 2.75) is 44.3 Å². The Bertz CT molecular complexity index is 1170. The lowest BCUT2D eigenvalue weighted by Crippen LogP contribution is -2.45. The van der Waals surface area contributed by atoms with Crippen molar-refractivity contribution in [2.24, 2.45) is 5.73 Å². The summed E-state index contributed by atoms with van der Waals surface area (Å²) in [6, 6.07) is 9.16. The minimum Gasteiger partial charge on any atom is -0.467 e. The second-order valence-electron chi connectivity index (χ2n) is 8.09. The van der Waals surface area contributed by atoms with E-state index in [4.69, 9.17) is 27.5 Å². The number of hydrogen-bond acceptors (Lipinski definition) is 7. The first-order chi connectivity index (χ1) is 16.3. The van der Waals surface area contributed by atoms with Gasteiger partial charge in [0.05, 0.1) is 18.5 Å². The molecule has 0 radical (unpaired) electrons. The van der Waals surface area contributed by atoms with Crippen LogP contribution in [0.3, 0.4) is 0 Å². The second kappa shape index (κ2) is 10.3. The third kappa shape index (κ3) is 5.07. The minimum absolute atomic E-state index is 0.0134. The van der Waals surface area contributed by atoms with Gasteiger partial charge in [0.1, 0.15) is 16.7 Å². The molecule has 11 heteroatoms. The highest BCUT2D eigenvalue weighted by Gasteiger charge is 2.36. The first kappa shape index (κ1) is 23.8. The summed E-state index contributed by atoms with van der Waals surface area (Å²) in [6.07, 6.45) is 5.34. The summed E-state index contributed by atoms with van der Waals surface area (Å²) >= 11 is 6.84. The van der Waals surface area contributed by atoms with Crippen LogP contribution in [0.1, 0.15) is 63.2 Å². The minimum atomic E-state index is -1.01. The van der Waals surface area contributed by atoms with E-state index in [1.165, 1.54) is 11.2 Å². The molecule has 4 rings (SSSR count). The lowest BCUT2D eigenvalue weighted by molar-refractivity contribution is -0.126. The quantitative estimate of drug-likeness (QED) is 0.430. The van der Waals surface area contributed by atoms with Gasteiger partial charge in [0.15, 0.2) is 5.69 Å². The van der Waals surface area contributed by atoms with Crippen molar-refractivity contribution in [1.29, 1.82) is 0 Å².